The van der Waals surface area contributed by atoms with Crippen LogP contribution in [0.3, 0.4) is 0 Å². The Morgan fingerprint density at radius 2 is 2.12 bits per heavy atom. The molecule has 0 saturated heterocycles. The molecule has 1 aliphatic carbocycles. The van der Waals surface area contributed by atoms with E-state index in [9.17, 15) is 4.79 Å². The number of nitrogens with two attached hydrogens (primary N) is 1. The average molecular weight is 242 g/mol. The van der Waals surface area contributed by atoms with Crippen molar-refractivity contribution in [3.8, 4) is 0 Å². The second-order valence-corrected chi connectivity index (χ2v) is 5.14. The standard InChI is InChI=1S/C13H26N2O2/c1-10(8-13(16)17-3)15(2)12-7-5-4-6-11(12)9-14/h10-12H,4-9,14H2,1-3H3. The van der Waals surface area contributed by atoms with Crippen LogP contribution in [0, 0.1) is 5.92 Å². The molecule has 4 nitrogen and oxygen atoms in total. The number of carbonyl (C=O) groups is 1. The van der Waals surface area contributed by atoms with Crippen molar-refractivity contribution in [1.82, 2.24) is 4.90 Å². The second-order valence-electron chi connectivity index (χ2n) is 5.14. The largest absolute Gasteiger partial charge is 0.469 e. The molecule has 1 aliphatic rings. The van der Waals surface area contributed by atoms with Crippen LogP contribution in [0.4, 0.5) is 0 Å². The Bertz CT molecular complexity index is 246. The van der Waals surface area contributed by atoms with E-state index in [2.05, 4.69) is 18.9 Å². The molecule has 3 atom stereocenters. The van der Waals surface area contributed by atoms with E-state index in [4.69, 9.17) is 10.5 Å². The van der Waals surface area contributed by atoms with Crippen molar-refractivity contribution in [3.05, 3.63) is 0 Å². The fraction of sp³-hybridized carbons (Fsp3) is 0.923. The zero-order valence-corrected chi connectivity index (χ0v) is 11.3. The van der Waals surface area contributed by atoms with Crippen LogP contribution in [0.2, 0.25) is 0 Å². The fourth-order valence-electron chi connectivity index (χ4n) is 2.79. The number of esters is 1. The van der Waals surface area contributed by atoms with Crippen molar-refractivity contribution in [2.45, 2.75) is 51.1 Å². The summed E-state index contributed by atoms with van der Waals surface area (Å²) in [5.74, 6) is 0.443. The lowest BCUT2D eigenvalue weighted by atomic mass is 9.83. The van der Waals surface area contributed by atoms with Crippen LogP contribution in [-0.2, 0) is 9.53 Å². The minimum Gasteiger partial charge on any atom is -0.469 e. The molecule has 0 aliphatic heterocycles. The van der Waals surface area contributed by atoms with Crippen LogP contribution in [0.5, 0.6) is 0 Å². The maximum absolute atomic E-state index is 11.3. The predicted octanol–water partition coefficient (Wildman–Crippen LogP) is 1.39. The van der Waals surface area contributed by atoms with E-state index in [1.54, 1.807) is 0 Å². The maximum Gasteiger partial charge on any atom is 0.307 e. The van der Waals surface area contributed by atoms with Gasteiger partial charge in [-0.15, -0.1) is 0 Å². The summed E-state index contributed by atoms with van der Waals surface area (Å²) in [7, 11) is 3.55. The first-order valence-corrected chi connectivity index (χ1v) is 6.59. The molecule has 0 aromatic heterocycles. The number of carbonyl (C=O) groups excluding carboxylic acids is 1. The normalized spacial score (nSPS) is 26.9. The van der Waals surface area contributed by atoms with Gasteiger partial charge in [-0.3, -0.25) is 9.69 Å². The van der Waals surface area contributed by atoms with Crippen molar-refractivity contribution in [2.24, 2.45) is 11.7 Å². The average Bonchev–Trinajstić information content (AvgIpc) is 2.37. The van der Waals surface area contributed by atoms with Gasteiger partial charge in [0.1, 0.15) is 0 Å². The molecule has 0 radical (unpaired) electrons. The van der Waals surface area contributed by atoms with Crippen LogP contribution in [0.25, 0.3) is 0 Å². The SMILES string of the molecule is COC(=O)CC(C)N(C)C1CCCCC1CN. The van der Waals surface area contributed by atoms with Gasteiger partial charge in [-0.25, -0.2) is 0 Å². The number of hydrogen-bond donors (Lipinski definition) is 1. The minimum absolute atomic E-state index is 0.135. The van der Waals surface area contributed by atoms with E-state index in [1.165, 1.54) is 32.8 Å². The topological polar surface area (TPSA) is 55.6 Å². The Morgan fingerprint density at radius 3 is 2.71 bits per heavy atom. The van der Waals surface area contributed by atoms with Gasteiger partial charge in [0.15, 0.2) is 0 Å². The van der Waals surface area contributed by atoms with E-state index in [1.807, 2.05) is 0 Å². The van der Waals surface area contributed by atoms with Crippen LogP contribution in [0.15, 0.2) is 0 Å². The van der Waals surface area contributed by atoms with Gasteiger partial charge in [0.2, 0.25) is 0 Å². The van der Waals surface area contributed by atoms with Crippen molar-refractivity contribution >= 4 is 5.97 Å². The molecule has 0 bridgehead atoms. The maximum atomic E-state index is 11.3. The summed E-state index contributed by atoms with van der Waals surface area (Å²) in [6.07, 6.45) is 5.44. The molecule has 3 unspecified atom stereocenters. The van der Waals surface area contributed by atoms with Gasteiger partial charge in [0.25, 0.3) is 0 Å². The van der Waals surface area contributed by atoms with Crippen molar-refractivity contribution in [2.75, 3.05) is 20.7 Å². The highest BCUT2D eigenvalue weighted by Gasteiger charge is 2.30. The molecular formula is C13H26N2O2. The summed E-state index contributed by atoms with van der Waals surface area (Å²) in [5, 5.41) is 0. The van der Waals surface area contributed by atoms with Crippen LogP contribution in [0.1, 0.15) is 39.0 Å². The molecule has 0 aromatic carbocycles. The van der Waals surface area contributed by atoms with Crippen LogP contribution in [-0.4, -0.2) is 43.7 Å². The first-order chi connectivity index (χ1) is 8.10. The van der Waals surface area contributed by atoms with Gasteiger partial charge in [-0.2, -0.15) is 0 Å². The van der Waals surface area contributed by atoms with Crippen LogP contribution < -0.4 is 5.73 Å². The number of ether oxygens (including phenoxy) is 1. The highest BCUT2D eigenvalue weighted by atomic mass is 16.5. The lowest BCUT2D eigenvalue weighted by Crippen LogP contribution is -2.47. The zero-order valence-electron chi connectivity index (χ0n) is 11.3. The highest BCUT2D eigenvalue weighted by molar-refractivity contribution is 5.69. The molecule has 0 spiro atoms. The highest BCUT2D eigenvalue weighted by Crippen LogP contribution is 2.28. The monoisotopic (exact) mass is 242 g/mol. The van der Waals surface area contributed by atoms with Gasteiger partial charge < -0.3 is 10.5 Å². The van der Waals surface area contributed by atoms with E-state index < -0.39 is 0 Å². The first kappa shape index (κ1) is 14.5. The molecule has 1 saturated carbocycles. The Morgan fingerprint density at radius 1 is 1.47 bits per heavy atom. The second kappa shape index (κ2) is 6.97. The van der Waals surface area contributed by atoms with E-state index >= 15 is 0 Å². The van der Waals surface area contributed by atoms with E-state index in [0.29, 0.717) is 18.4 Å². The summed E-state index contributed by atoms with van der Waals surface area (Å²) in [4.78, 5) is 13.6. The lowest BCUT2D eigenvalue weighted by molar-refractivity contribution is -0.142. The molecule has 4 heteroatoms. The van der Waals surface area contributed by atoms with Crippen molar-refractivity contribution in [3.63, 3.8) is 0 Å². The summed E-state index contributed by atoms with van der Waals surface area (Å²) < 4.78 is 4.72. The molecule has 1 fully saturated rings. The number of nitrogens with zero attached hydrogens (tertiary/aromatic N) is 1. The Kier molecular flexibility index (Phi) is 5.92. The summed E-state index contributed by atoms with van der Waals surface area (Å²) in [6, 6.07) is 0.744. The molecule has 0 heterocycles. The van der Waals surface area contributed by atoms with Gasteiger partial charge in [0.05, 0.1) is 13.5 Å². The molecule has 0 aromatic rings. The summed E-state index contributed by atoms with van der Waals surface area (Å²) in [6.45, 7) is 2.83. The smallest absolute Gasteiger partial charge is 0.307 e. The fourth-order valence-corrected chi connectivity index (χ4v) is 2.79. The summed E-state index contributed by atoms with van der Waals surface area (Å²) in [5.41, 5.74) is 5.84. The van der Waals surface area contributed by atoms with Crippen molar-refractivity contribution in [1.29, 1.82) is 0 Å². The van der Waals surface area contributed by atoms with E-state index in [-0.39, 0.29) is 12.0 Å². The lowest BCUT2D eigenvalue weighted by Gasteiger charge is -2.40. The number of hydrogen-bond acceptors (Lipinski definition) is 4. The molecular weight excluding hydrogens is 216 g/mol. The third-order valence-electron chi connectivity index (χ3n) is 4.08. The third kappa shape index (κ3) is 3.96. The summed E-state index contributed by atoms with van der Waals surface area (Å²) >= 11 is 0. The molecule has 2 N–H and O–H groups in total. The first-order valence-electron chi connectivity index (χ1n) is 6.59. The molecule has 0 amide bonds. The Balaban J connectivity index is 2.53. The number of methoxy groups -OCH3 is 1. The molecule has 100 valence electrons. The molecule has 1 rings (SSSR count). The predicted molar refractivity (Wildman–Crippen MR) is 68.7 cm³/mol. The zero-order chi connectivity index (χ0) is 12.8. The van der Waals surface area contributed by atoms with Gasteiger partial charge >= 0.3 is 5.97 Å². The van der Waals surface area contributed by atoms with Gasteiger partial charge in [0, 0.05) is 12.1 Å². The van der Waals surface area contributed by atoms with E-state index in [0.717, 1.165) is 6.54 Å². The van der Waals surface area contributed by atoms with Crippen LogP contribution >= 0.6 is 0 Å². The quantitative estimate of drug-likeness (QED) is 0.740. The Labute approximate surface area is 104 Å². The number of rotatable bonds is 5. The van der Waals surface area contributed by atoms with Gasteiger partial charge in [-0.1, -0.05) is 12.8 Å². The molecule has 17 heavy (non-hydrogen) atoms. The van der Waals surface area contributed by atoms with Crippen molar-refractivity contribution < 1.29 is 9.53 Å². The Hall–Kier alpha value is -0.610. The minimum atomic E-state index is -0.135. The van der Waals surface area contributed by atoms with Gasteiger partial charge in [-0.05, 0) is 39.3 Å². The third-order valence-corrected chi connectivity index (χ3v) is 4.08.